The molecule has 0 saturated heterocycles. The van der Waals surface area contributed by atoms with Gasteiger partial charge in [-0.2, -0.15) is 0 Å². The molecule has 0 radical (unpaired) electrons. The highest BCUT2D eigenvalue weighted by Crippen LogP contribution is 2.11. The van der Waals surface area contributed by atoms with Gasteiger partial charge in [-0.3, -0.25) is 0 Å². The van der Waals surface area contributed by atoms with Gasteiger partial charge in [0.15, 0.2) is 0 Å². The zero-order valence-electron chi connectivity index (χ0n) is 12.0. The molecule has 0 aliphatic rings. The first-order valence-electron chi connectivity index (χ1n) is 7.64. The molecule has 0 spiro atoms. The van der Waals surface area contributed by atoms with Crippen LogP contribution in [-0.2, 0) is 0 Å². The van der Waals surface area contributed by atoms with E-state index in [1.165, 1.54) is 51.4 Å². The summed E-state index contributed by atoms with van der Waals surface area (Å²) < 4.78 is 0. The van der Waals surface area contributed by atoms with Crippen molar-refractivity contribution < 1.29 is 5.11 Å². The Hall–Kier alpha value is -0.300. The molecule has 0 saturated carbocycles. The number of aliphatic hydroxyl groups is 1. The predicted octanol–water partition coefficient (Wildman–Crippen LogP) is 5.23. The van der Waals surface area contributed by atoms with Crippen LogP contribution in [0.15, 0.2) is 12.2 Å². The number of rotatable bonds is 12. The quantitative estimate of drug-likeness (QED) is 0.365. The standard InChI is InChI=1S/C16H32O/c1-3-5-7-9-10-11-13-15-16(17)14-12-8-6-4-2/h8,12,16-17H,3-7,9-11,13-15H2,1-2H3/b12-8+. The van der Waals surface area contributed by atoms with Crippen molar-refractivity contribution >= 4 is 0 Å². The molecular weight excluding hydrogens is 208 g/mol. The van der Waals surface area contributed by atoms with Crippen LogP contribution in [0.25, 0.3) is 0 Å². The molecule has 0 bridgehead atoms. The number of allylic oxidation sites excluding steroid dienone is 1. The Bertz CT molecular complexity index is 163. The third kappa shape index (κ3) is 13.6. The zero-order valence-corrected chi connectivity index (χ0v) is 12.0. The Kier molecular flexibility index (Phi) is 13.5. The first kappa shape index (κ1) is 16.7. The zero-order chi connectivity index (χ0) is 12.8. The topological polar surface area (TPSA) is 20.2 Å². The molecule has 17 heavy (non-hydrogen) atoms. The molecule has 0 amide bonds. The molecular formula is C16H32O. The fraction of sp³-hybridized carbons (Fsp3) is 0.875. The average Bonchev–Trinajstić information content (AvgIpc) is 2.33. The van der Waals surface area contributed by atoms with Gasteiger partial charge in [0.05, 0.1) is 6.10 Å². The summed E-state index contributed by atoms with van der Waals surface area (Å²) in [6, 6.07) is 0. The van der Waals surface area contributed by atoms with Crippen molar-refractivity contribution in [2.24, 2.45) is 0 Å². The summed E-state index contributed by atoms with van der Waals surface area (Å²) in [5.41, 5.74) is 0. The van der Waals surface area contributed by atoms with Gasteiger partial charge in [0, 0.05) is 0 Å². The van der Waals surface area contributed by atoms with Crippen molar-refractivity contribution in [2.45, 2.75) is 90.6 Å². The van der Waals surface area contributed by atoms with Crippen molar-refractivity contribution in [1.82, 2.24) is 0 Å². The first-order valence-corrected chi connectivity index (χ1v) is 7.64. The molecule has 1 unspecified atom stereocenters. The fourth-order valence-corrected chi connectivity index (χ4v) is 1.99. The third-order valence-electron chi connectivity index (χ3n) is 3.17. The molecule has 1 N–H and O–H groups in total. The Labute approximate surface area is 108 Å². The van der Waals surface area contributed by atoms with Crippen LogP contribution in [0.2, 0.25) is 0 Å². The van der Waals surface area contributed by atoms with E-state index >= 15 is 0 Å². The van der Waals surface area contributed by atoms with E-state index < -0.39 is 0 Å². The fourth-order valence-electron chi connectivity index (χ4n) is 1.99. The maximum atomic E-state index is 9.74. The SMILES string of the molecule is CCC/C=C/CC(O)CCCCCCCCC. The van der Waals surface area contributed by atoms with Crippen molar-refractivity contribution in [3.8, 4) is 0 Å². The first-order chi connectivity index (χ1) is 8.31. The summed E-state index contributed by atoms with van der Waals surface area (Å²) in [5, 5.41) is 9.74. The summed E-state index contributed by atoms with van der Waals surface area (Å²) in [4.78, 5) is 0. The normalized spacial score (nSPS) is 13.4. The molecule has 1 nitrogen and oxygen atoms in total. The van der Waals surface area contributed by atoms with E-state index in [9.17, 15) is 5.11 Å². The third-order valence-corrected chi connectivity index (χ3v) is 3.17. The number of hydrogen-bond donors (Lipinski definition) is 1. The number of hydrogen-bond acceptors (Lipinski definition) is 1. The van der Waals surface area contributed by atoms with E-state index in [0.29, 0.717) is 0 Å². The molecule has 0 aromatic carbocycles. The molecule has 0 aromatic heterocycles. The van der Waals surface area contributed by atoms with Crippen molar-refractivity contribution in [3.63, 3.8) is 0 Å². The van der Waals surface area contributed by atoms with E-state index in [1.54, 1.807) is 0 Å². The Morgan fingerprint density at radius 2 is 1.47 bits per heavy atom. The highest BCUT2D eigenvalue weighted by Gasteiger charge is 2.00. The van der Waals surface area contributed by atoms with Crippen LogP contribution in [0.5, 0.6) is 0 Å². The second-order valence-corrected chi connectivity index (χ2v) is 5.06. The van der Waals surface area contributed by atoms with E-state index in [4.69, 9.17) is 0 Å². The average molecular weight is 240 g/mol. The maximum Gasteiger partial charge on any atom is 0.0574 e. The van der Waals surface area contributed by atoms with Crippen LogP contribution in [0.4, 0.5) is 0 Å². The molecule has 0 heterocycles. The second kappa shape index (κ2) is 13.8. The minimum atomic E-state index is -0.112. The molecule has 0 aliphatic heterocycles. The summed E-state index contributed by atoms with van der Waals surface area (Å²) in [5.74, 6) is 0. The van der Waals surface area contributed by atoms with Crippen LogP contribution in [0.1, 0.15) is 84.5 Å². The van der Waals surface area contributed by atoms with Gasteiger partial charge >= 0.3 is 0 Å². The maximum absolute atomic E-state index is 9.74. The van der Waals surface area contributed by atoms with Crippen molar-refractivity contribution in [3.05, 3.63) is 12.2 Å². The summed E-state index contributed by atoms with van der Waals surface area (Å²) >= 11 is 0. The van der Waals surface area contributed by atoms with Gasteiger partial charge in [0.1, 0.15) is 0 Å². The van der Waals surface area contributed by atoms with Crippen molar-refractivity contribution in [2.75, 3.05) is 0 Å². The number of aliphatic hydroxyl groups excluding tert-OH is 1. The Morgan fingerprint density at radius 3 is 2.12 bits per heavy atom. The lowest BCUT2D eigenvalue weighted by Gasteiger charge is -2.07. The molecule has 1 atom stereocenters. The highest BCUT2D eigenvalue weighted by molar-refractivity contribution is 4.83. The summed E-state index contributed by atoms with van der Waals surface area (Å²) in [6.07, 6.45) is 17.7. The van der Waals surface area contributed by atoms with Gasteiger partial charge < -0.3 is 5.11 Å². The monoisotopic (exact) mass is 240 g/mol. The minimum Gasteiger partial charge on any atom is -0.393 e. The van der Waals surface area contributed by atoms with Gasteiger partial charge in [-0.15, -0.1) is 0 Å². The molecule has 0 aromatic rings. The van der Waals surface area contributed by atoms with Crippen LogP contribution in [-0.4, -0.2) is 11.2 Å². The molecule has 1 heteroatoms. The Balaban J connectivity index is 3.18. The van der Waals surface area contributed by atoms with E-state index in [1.807, 2.05) is 0 Å². The summed E-state index contributed by atoms with van der Waals surface area (Å²) in [7, 11) is 0. The van der Waals surface area contributed by atoms with Gasteiger partial charge in [0.25, 0.3) is 0 Å². The van der Waals surface area contributed by atoms with Crippen LogP contribution in [0.3, 0.4) is 0 Å². The largest absolute Gasteiger partial charge is 0.393 e. The van der Waals surface area contributed by atoms with E-state index in [2.05, 4.69) is 26.0 Å². The number of unbranched alkanes of at least 4 members (excludes halogenated alkanes) is 7. The second-order valence-electron chi connectivity index (χ2n) is 5.06. The molecule has 0 rings (SSSR count). The van der Waals surface area contributed by atoms with Gasteiger partial charge in [-0.25, -0.2) is 0 Å². The van der Waals surface area contributed by atoms with E-state index in [0.717, 1.165) is 19.3 Å². The predicted molar refractivity (Wildman–Crippen MR) is 77.3 cm³/mol. The minimum absolute atomic E-state index is 0.112. The van der Waals surface area contributed by atoms with Gasteiger partial charge in [-0.1, -0.05) is 77.4 Å². The molecule has 0 fully saturated rings. The summed E-state index contributed by atoms with van der Waals surface area (Å²) in [6.45, 7) is 4.43. The van der Waals surface area contributed by atoms with Crippen LogP contribution in [0, 0.1) is 0 Å². The lowest BCUT2D eigenvalue weighted by atomic mass is 10.0. The Morgan fingerprint density at radius 1 is 0.824 bits per heavy atom. The van der Waals surface area contributed by atoms with Crippen molar-refractivity contribution in [1.29, 1.82) is 0 Å². The van der Waals surface area contributed by atoms with Crippen LogP contribution < -0.4 is 0 Å². The highest BCUT2D eigenvalue weighted by atomic mass is 16.3. The molecule has 102 valence electrons. The van der Waals surface area contributed by atoms with Crippen LogP contribution >= 0.6 is 0 Å². The van der Waals surface area contributed by atoms with Gasteiger partial charge in [0.2, 0.25) is 0 Å². The lowest BCUT2D eigenvalue weighted by Crippen LogP contribution is -2.04. The molecule has 0 aliphatic carbocycles. The van der Waals surface area contributed by atoms with Gasteiger partial charge in [-0.05, 0) is 19.3 Å². The van der Waals surface area contributed by atoms with E-state index in [-0.39, 0.29) is 6.10 Å². The smallest absolute Gasteiger partial charge is 0.0574 e. The lowest BCUT2D eigenvalue weighted by molar-refractivity contribution is 0.163.